The molecular formula is C23H19F3IN3O3. The number of carbonyl (C=O) groups is 2. The Bertz CT molecular complexity index is 1270. The lowest BCUT2D eigenvalue weighted by atomic mass is 9.86. The number of carbonyl (C=O) groups excluding carboxylic acids is 2. The van der Waals surface area contributed by atoms with E-state index in [2.05, 4.69) is 32.9 Å². The second-order valence-corrected chi connectivity index (χ2v) is 9.41. The molecule has 172 valence electrons. The largest absolute Gasteiger partial charge is 0.444 e. The van der Waals surface area contributed by atoms with Crippen LogP contribution in [0.1, 0.15) is 47.0 Å². The fourth-order valence-corrected chi connectivity index (χ4v) is 5.20. The molecule has 0 atom stereocenters. The van der Waals surface area contributed by atoms with Gasteiger partial charge in [-0.05, 0) is 48.6 Å². The van der Waals surface area contributed by atoms with Gasteiger partial charge in [-0.1, -0.05) is 0 Å². The second-order valence-electron chi connectivity index (χ2n) is 8.24. The Hall–Kier alpha value is -2.89. The Labute approximate surface area is 201 Å². The number of anilines is 1. The summed E-state index contributed by atoms with van der Waals surface area (Å²) in [4.78, 5) is 31.6. The minimum absolute atomic E-state index is 0.142. The van der Waals surface area contributed by atoms with Crippen LogP contribution < -0.4 is 10.2 Å². The molecular weight excluding hydrogens is 550 g/mol. The molecule has 1 aliphatic rings. The van der Waals surface area contributed by atoms with E-state index in [1.54, 1.807) is 25.3 Å². The van der Waals surface area contributed by atoms with E-state index in [1.165, 1.54) is 4.90 Å². The summed E-state index contributed by atoms with van der Waals surface area (Å²) in [6.45, 7) is 4.99. The lowest BCUT2D eigenvalue weighted by molar-refractivity contribution is -0.122. The van der Waals surface area contributed by atoms with Gasteiger partial charge in [-0.3, -0.25) is 9.59 Å². The number of aromatic nitrogens is 1. The summed E-state index contributed by atoms with van der Waals surface area (Å²) in [6.07, 6.45) is 1.54. The zero-order chi connectivity index (χ0) is 24.1. The molecule has 0 spiro atoms. The molecule has 0 fully saturated rings. The topological polar surface area (TPSA) is 75.4 Å². The zero-order valence-corrected chi connectivity index (χ0v) is 20.1. The van der Waals surface area contributed by atoms with Gasteiger partial charge >= 0.3 is 0 Å². The maximum atomic E-state index is 13.9. The summed E-state index contributed by atoms with van der Waals surface area (Å²) < 4.78 is 47.2. The predicted molar refractivity (Wildman–Crippen MR) is 122 cm³/mol. The number of nitrogens with one attached hydrogen (secondary N) is 1. The van der Waals surface area contributed by atoms with Gasteiger partial charge < -0.3 is 14.6 Å². The molecule has 10 heteroatoms. The molecule has 0 bridgehead atoms. The number of halogens is 4. The Morgan fingerprint density at radius 1 is 1.18 bits per heavy atom. The van der Waals surface area contributed by atoms with Gasteiger partial charge in [-0.15, -0.1) is 0 Å². The lowest BCUT2D eigenvalue weighted by Gasteiger charge is -2.19. The first kappa shape index (κ1) is 23.3. The molecule has 3 aromatic rings. The van der Waals surface area contributed by atoms with Crippen molar-refractivity contribution in [1.29, 1.82) is 0 Å². The van der Waals surface area contributed by atoms with Crippen molar-refractivity contribution >= 4 is 40.1 Å². The number of nitrogens with zero attached hydrogens (tertiary/aromatic N) is 2. The monoisotopic (exact) mass is 569 g/mol. The molecule has 4 rings (SSSR count). The second kappa shape index (κ2) is 8.47. The van der Waals surface area contributed by atoms with Crippen LogP contribution in [0.3, 0.4) is 0 Å². The first-order valence-corrected chi connectivity index (χ1v) is 11.1. The van der Waals surface area contributed by atoms with E-state index >= 15 is 0 Å². The van der Waals surface area contributed by atoms with Gasteiger partial charge in [-0.25, -0.2) is 18.2 Å². The van der Waals surface area contributed by atoms with Gasteiger partial charge in [-0.2, -0.15) is 0 Å². The van der Waals surface area contributed by atoms with E-state index in [-0.39, 0.29) is 18.0 Å². The van der Waals surface area contributed by atoms with E-state index in [0.717, 1.165) is 5.56 Å². The zero-order valence-electron chi connectivity index (χ0n) is 17.9. The average molecular weight is 569 g/mol. The highest BCUT2D eigenvalue weighted by Crippen LogP contribution is 2.45. The van der Waals surface area contributed by atoms with Gasteiger partial charge in [0.2, 0.25) is 5.91 Å². The number of hydrogen-bond donors (Lipinski definition) is 1. The highest BCUT2D eigenvalue weighted by Gasteiger charge is 2.46. The maximum absolute atomic E-state index is 13.9. The third kappa shape index (κ3) is 4.23. The van der Waals surface area contributed by atoms with Crippen LogP contribution in [0.4, 0.5) is 18.9 Å². The molecule has 0 saturated carbocycles. The standard InChI is InChI=1S/C23H19F3IN3O3/c1-11-28-8-14(33-11)10-30-19-5-12(4-18(27)20(19)23(2,3)22(30)32)21(31)29-9-15-16(25)6-13(24)7-17(15)26/h4-8H,9-10H2,1-3H3,(H,29,31). The SMILES string of the molecule is Cc1ncc(CN2C(=O)C(C)(C)c3c(I)cc(C(=O)NCc4c(F)cc(F)cc4F)cc32)o1. The first-order valence-electron chi connectivity index (χ1n) is 9.98. The van der Waals surface area contributed by atoms with Crippen molar-refractivity contribution in [2.45, 2.75) is 39.3 Å². The number of rotatable bonds is 5. The summed E-state index contributed by atoms with van der Waals surface area (Å²) >= 11 is 2.06. The van der Waals surface area contributed by atoms with Crippen LogP contribution in [0, 0.1) is 27.9 Å². The van der Waals surface area contributed by atoms with Crippen molar-refractivity contribution in [1.82, 2.24) is 10.3 Å². The van der Waals surface area contributed by atoms with Crippen molar-refractivity contribution < 1.29 is 27.2 Å². The quantitative estimate of drug-likeness (QED) is 0.450. The van der Waals surface area contributed by atoms with Crippen molar-refractivity contribution in [2.24, 2.45) is 0 Å². The molecule has 6 nitrogen and oxygen atoms in total. The lowest BCUT2D eigenvalue weighted by Crippen LogP contribution is -2.35. The third-order valence-corrected chi connectivity index (χ3v) is 6.39. The molecule has 33 heavy (non-hydrogen) atoms. The number of benzene rings is 2. The molecule has 0 unspecified atom stereocenters. The van der Waals surface area contributed by atoms with Crippen molar-refractivity contribution in [3.05, 3.63) is 79.8 Å². The van der Waals surface area contributed by atoms with Gasteiger partial charge in [0.05, 0.1) is 23.8 Å². The summed E-state index contributed by atoms with van der Waals surface area (Å²) in [7, 11) is 0. The van der Waals surface area contributed by atoms with Crippen LogP contribution in [-0.2, 0) is 23.3 Å². The number of oxazole rings is 1. The molecule has 2 aromatic carbocycles. The third-order valence-electron chi connectivity index (χ3n) is 5.54. The normalized spacial score (nSPS) is 14.5. The Kier molecular flexibility index (Phi) is 5.97. The molecule has 1 aromatic heterocycles. The van der Waals surface area contributed by atoms with Crippen molar-refractivity contribution in [3.63, 3.8) is 0 Å². The summed E-state index contributed by atoms with van der Waals surface area (Å²) in [5, 5.41) is 2.46. The molecule has 2 amide bonds. The van der Waals surface area contributed by atoms with Gasteiger partial charge in [0.25, 0.3) is 5.91 Å². The summed E-state index contributed by atoms with van der Waals surface area (Å²) in [5.41, 5.74) is 0.271. The first-order chi connectivity index (χ1) is 15.5. The number of aryl methyl sites for hydroxylation is 1. The van der Waals surface area contributed by atoms with Crippen LogP contribution in [0.25, 0.3) is 0 Å². The van der Waals surface area contributed by atoms with Crippen LogP contribution in [0.5, 0.6) is 0 Å². The van der Waals surface area contributed by atoms with Crippen LogP contribution in [0.2, 0.25) is 0 Å². The van der Waals surface area contributed by atoms with E-state index in [9.17, 15) is 22.8 Å². The number of hydrogen-bond acceptors (Lipinski definition) is 4. The van der Waals surface area contributed by atoms with Crippen LogP contribution in [0.15, 0.2) is 34.9 Å². The molecule has 0 saturated heterocycles. The van der Waals surface area contributed by atoms with Crippen molar-refractivity contribution in [2.75, 3.05) is 4.90 Å². The molecule has 1 N–H and O–H groups in total. The minimum atomic E-state index is -1.09. The molecule has 2 heterocycles. The average Bonchev–Trinajstić information content (AvgIpc) is 3.21. The highest BCUT2D eigenvalue weighted by molar-refractivity contribution is 14.1. The number of amides is 2. The smallest absolute Gasteiger partial charge is 0.251 e. The van der Waals surface area contributed by atoms with Crippen LogP contribution in [-0.4, -0.2) is 16.8 Å². The molecule has 1 aliphatic heterocycles. The fourth-order valence-electron chi connectivity index (χ4n) is 3.91. The summed E-state index contributed by atoms with van der Waals surface area (Å²) in [5.74, 6) is -2.99. The highest BCUT2D eigenvalue weighted by atomic mass is 127. The van der Waals surface area contributed by atoms with Gasteiger partial charge in [0.15, 0.2) is 5.89 Å². The Morgan fingerprint density at radius 2 is 1.85 bits per heavy atom. The fraction of sp³-hybridized carbons (Fsp3) is 0.261. The number of fused-ring (bicyclic) bond motifs is 1. The van der Waals surface area contributed by atoms with Crippen molar-refractivity contribution in [3.8, 4) is 0 Å². The maximum Gasteiger partial charge on any atom is 0.251 e. The van der Waals surface area contributed by atoms with E-state index < -0.39 is 40.9 Å². The molecule has 0 aliphatic carbocycles. The van der Waals surface area contributed by atoms with Gasteiger partial charge in [0.1, 0.15) is 23.2 Å². The van der Waals surface area contributed by atoms with Crippen LogP contribution >= 0.6 is 22.6 Å². The summed E-state index contributed by atoms with van der Waals surface area (Å²) in [6, 6.07) is 4.29. The van der Waals surface area contributed by atoms with E-state index in [0.29, 0.717) is 33.0 Å². The Morgan fingerprint density at radius 3 is 2.45 bits per heavy atom. The Balaban J connectivity index is 1.64. The van der Waals surface area contributed by atoms with E-state index in [1.807, 2.05) is 13.8 Å². The minimum Gasteiger partial charge on any atom is -0.444 e. The van der Waals surface area contributed by atoms with E-state index in [4.69, 9.17) is 4.42 Å². The predicted octanol–water partition coefficient (Wildman–Crippen LogP) is 4.76. The van der Waals surface area contributed by atoms with Gasteiger partial charge in [0, 0.05) is 45.9 Å². The molecule has 0 radical (unpaired) electrons.